The lowest BCUT2D eigenvalue weighted by molar-refractivity contribution is 0.290. The Kier molecular flexibility index (Phi) is 6.08. The quantitative estimate of drug-likeness (QED) is 0.741. The number of rotatable bonds is 7. The Balaban J connectivity index is 2.44. The first-order valence-corrected chi connectivity index (χ1v) is 5.75. The van der Waals surface area contributed by atoms with Gasteiger partial charge in [-0.1, -0.05) is 19.1 Å². The maximum atomic E-state index is 8.83. The summed E-state index contributed by atoms with van der Waals surface area (Å²) in [5.41, 5.74) is 1.07. The Morgan fingerprint density at radius 2 is 2.12 bits per heavy atom. The zero-order chi connectivity index (χ0) is 12.5. The van der Waals surface area contributed by atoms with Crippen molar-refractivity contribution in [3.8, 4) is 11.8 Å². The van der Waals surface area contributed by atoms with Gasteiger partial charge in [-0.15, -0.1) is 0 Å². The molecular weight excluding hydrogens is 216 g/mol. The summed E-state index contributed by atoms with van der Waals surface area (Å²) in [6.07, 6.45) is 0.651. The van der Waals surface area contributed by atoms with Crippen molar-refractivity contribution in [3.05, 3.63) is 29.8 Å². The van der Waals surface area contributed by atoms with Crippen LogP contribution in [0, 0.1) is 11.3 Å². The summed E-state index contributed by atoms with van der Waals surface area (Å²) in [5.74, 6) is 0.741. The lowest BCUT2D eigenvalue weighted by Crippen LogP contribution is -2.32. The first-order valence-electron chi connectivity index (χ1n) is 5.75. The molecule has 1 atom stereocenters. The van der Waals surface area contributed by atoms with Crippen LogP contribution < -0.4 is 10.1 Å². The zero-order valence-electron chi connectivity index (χ0n) is 10.0. The van der Waals surface area contributed by atoms with Crippen LogP contribution in [-0.4, -0.2) is 30.9 Å². The molecule has 0 aliphatic carbocycles. The molecule has 0 spiro atoms. The molecule has 0 saturated heterocycles. The van der Waals surface area contributed by atoms with E-state index < -0.39 is 0 Å². The maximum Gasteiger partial charge on any atom is 0.130 e. The number of ether oxygens (including phenoxy) is 1. The van der Waals surface area contributed by atoms with Crippen LogP contribution in [0.3, 0.4) is 0 Å². The van der Waals surface area contributed by atoms with Crippen LogP contribution in [-0.2, 0) is 6.42 Å². The molecule has 17 heavy (non-hydrogen) atoms. The van der Waals surface area contributed by atoms with Gasteiger partial charge in [-0.3, -0.25) is 5.32 Å². The Bertz CT molecular complexity index is 357. The molecule has 1 aromatic rings. The summed E-state index contributed by atoms with van der Waals surface area (Å²) in [6, 6.07) is 9.39. The van der Waals surface area contributed by atoms with Crippen LogP contribution >= 0.6 is 0 Å². The van der Waals surface area contributed by atoms with Crippen molar-refractivity contribution in [1.82, 2.24) is 5.32 Å². The summed E-state index contributed by atoms with van der Waals surface area (Å²) >= 11 is 0. The highest BCUT2D eigenvalue weighted by Crippen LogP contribution is 2.12. The second-order valence-corrected chi connectivity index (χ2v) is 3.67. The number of nitrogens with zero attached hydrogens (tertiary/aromatic N) is 1. The molecule has 2 N–H and O–H groups in total. The van der Waals surface area contributed by atoms with Gasteiger partial charge in [0.15, 0.2) is 0 Å². The van der Waals surface area contributed by atoms with E-state index in [2.05, 4.69) is 11.4 Å². The number of benzene rings is 1. The van der Waals surface area contributed by atoms with Crippen molar-refractivity contribution in [3.63, 3.8) is 0 Å². The Hall–Kier alpha value is -1.57. The molecule has 1 aromatic carbocycles. The van der Waals surface area contributed by atoms with Crippen molar-refractivity contribution in [2.75, 3.05) is 19.8 Å². The minimum atomic E-state index is -0.280. The fourth-order valence-electron chi connectivity index (χ4n) is 1.45. The van der Waals surface area contributed by atoms with E-state index in [4.69, 9.17) is 15.1 Å². The highest BCUT2D eigenvalue weighted by atomic mass is 16.5. The smallest absolute Gasteiger partial charge is 0.130 e. The summed E-state index contributed by atoms with van der Waals surface area (Å²) in [6.45, 7) is 3.19. The van der Waals surface area contributed by atoms with Crippen LogP contribution in [0.5, 0.6) is 5.75 Å². The lowest BCUT2D eigenvalue weighted by Gasteiger charge is -2.11. The average Bonchev–Trinajstić information content (AvgIpc) is 2.36. The standard InChI is InChI=1S/C13H18N2O2/c1-2-15-12(9-14)10-17-13-5-3-11(4-6-13)7-8-16/h3-6,12,15-16H,2,7-8,10H2,1H3. The van der Waals surface area contributed by atoms with Crippen molar-refractivity contribution < 1.29 is 9.84 Å². The maximum absolute atomic E-state index is 8.83. The largest absolute Gasteiger partial charge is 0.491 e. The Morgan fingerprint density at radius 1 is 1.41 bits per heavy atom. The fraction of sp³-hybridized carbons (Fsp3) is 0.462. The van der Waals surface area contributed by atoms with E-state index in [1.54, 1.807) is 0 Å². The minimum absolute atomic E-state index is 0.150. The number of aliphatic hydroxyl groups is 1. The zero-order valence-corrected chi connectivity index (χ0v) is 10.0. The number of hydrogen-bond donors (Lipinski definition) is 2. The van der Waals surface area contributed by atoms with E-state index in [0.29, 0.717) is 13.0 Å². The Morgan fingerprint density at radius 3 is 2.65 bits per heavy atom. The molecule has 4 nitrogen and oxygen atoms in total. The second kappa shape index (κ2) is 7.66. The van der Waals surface area contributed by atoms with E-state index in [-0.39, 0.29) is 12.6 Å². The minimum Gasteiger partial charge on any atom is -0.491 e. The molecule has 0 aliphatic rings. The molecule has 4 heteroatoms. The lowest BCUT2D eigenvalue weighted by atomic mass is 10.1. The van der Waals surface area contributed by atoms with Gasteiger partial charge in [0.2, 0.25) is 0 Å². The van der Waals surface area contributed by atoms with Gasteiger partial charge in [0.25, 0.3) is 0 Å². The summed E-state index contributed by atoms with van der Waals surface area (Å²) in [4.78, 5) is 0. The highest BCUT2D eigenvalue weighted by molar-refractivity contribution is 5.27. The van der Waals surface area contributed by atoms with Crippen molar-refractivity contribution in [2.24, 2.45) is 0 Å². The molecule has 0 heterocycles. The number of nitriles is 1. The summed E-state index contributed by atoms with van der Waals surface area (Å²) < 4.78 is 5.50. The van der Waals surface area contributed by atoms with Gasteiger partial charge in [0, 0.05) is 6.61 Å². The van der Waals surface area contributed by atoms with Gasteiger partial charge in [-0.05, 0) is 30.7 Å². The summed E-state index contributed by atoms with van der Waals surface area (Å²) in [7, 11) is 0. The third-order valence-electron chi connectivity index (χ3n) is 2.35. The van der Waals surface area contributed by atoms with Crippen LogP contribution in [0.25, 0.3) is 0 Å². The highest BCUT2D eigenvalue weighted by Gasteiger charge is 2.05. The number of aliphatic hydroxyl groups excluding tert-OH is 1. The van der Waals surface area contributed by atoms with E-state index in [0.717, 1.165) is 17.9 Å². The third kappa shape index (κ3) is 4.85. The predicted molar refractivity (Wildman–Crippen MR) is 65.8 cm³/mol. The van der Waals surface area contributed by atoms with Gasteiger partial charge in [0.05, 0.1) is 6.07 Å². The van der Waals surface area contributed by atoms with Gasteiger partial charge < -0.3 is 9.84 Å². The Labute approximate surface area is 102 Å². The van der Waals surface area contributed by atoms with E-state index in [9.17, 15) is 0 Å². The van der Waals surface area contributed by atoms with Crippen LogP contribution in [0.15, 0.2) is 24.3 Å². The van der Waals surface area contributed by atoms with Gasteiger partial charge in [-0.25, -0.2) is 0 Å². The van der Waals surface area contributed by atoms with E-state index in [1.165, 1.54) is 0 Å². The molecule has 0 aliphatic heterocycles. The molecule has 0 saturated carbocycles. The van der Waals surface area contributed by atoms with Crippen LogP contribution in [0.2, 0.25) is 0 Å². The number of nitrogens with one attached hydrogen (secondary N) is 1. The topological polar surface area (TPSA) is 65.3 Å². The normalized spacial score (nSPS) is 11.8. The SMILES string of the molecule is CCNC(C#N)COc1ccc(CCO)cc1. The van der Waals surface area contributed by atoms with Crippen LogP contribution in [0.4, 0.5) is 0 Å². The van der Waals surface area contributed by atoms with Crippen molar-refractivity contribution in [1.29, 1.82) is 5.26 Å². The molecular formula is C13H18N2O2. The van der Waals surface area contributed by atoms with Crippen LogP contribution in [0.1, 0.15) is 12.5 Å². The van der Waals surface area contributed by atoms with Gasteiger partial charge >= 0.3 is 0 Å². The molecule has 92 valence electrons. The molecule has 0 fully saturated rings. The fourth-order valence-corrected chi connectivity index (χ4v) is 1.45. The number of hydrogen-bond acceptors (Lipinski definition) is 4. The number of likely N-dealkylation sites (N-methyl/N-ethyl adjacent to an activating group) is 1. The monoisotopic (exact) mass is 234 g/mol. The second-order valence-electron chi connectivity index (χ2n) is 3.67. The van der Waals surface area contributed by atoms with Gasteiger partial charge in [0.1, 0.15) is 18.4 Å². The molecule has 0 bridgehead atoms. The third-order valence-corrected chi connectivity index (χ3v) is 2.35. The van der Waals surface area contributed by atoms with E-state index in [1.807, 2.05) is 31.2 Å². The first kappa shape index (κ1) is 13.5. The van der Waals surface area contributed by atoms with Gasteiger partial charge in [-0.2, -0.15) is 5.26 Å². The molecule has 1 unspecified atom stereocenters. The molecule has 1 rings (SSSR count). The van der Waals surface area contributed by atoms with Crippen molar-refractivity contribution >= 4 is 0 Å². The molecule has 0 aromatic heterocycles. The van der Waals surface area contributed by atoms with E-state index >= 15 is 0 Å². The van der Waals surface area contributed by atoms with Crippen molar-refractivity contribution in [2.45, 2.75) is 19.4 Å². The average molecular weight is 234 g/mol. The molecule has 0 radical (unpaired) electrons. The first-order chi connectivity index (χ1) is 8.30. The summed E-state index contributed by atoms with van der Waals surface area (Å²) in [5, 5.41) is 20.6. The predicted octanol–water partition coefficient (Wildman–Crippen LogP) is 1.10. The molecule has 0 amide bonds.